The summed E-state index contributed by atoms with van der Waals surface area (Å²) in [7, 11) is 0. The molecule has 0 unspecified atom stereocenters. The summed E-state index contributed by atoms with van der Waals surface area (Å²) >= 11 is 3.38. The number of nitrogens with zero attached hydrogens (tertiary/aromatic N) is 1. The first kappa shape index (κ1) is 16.2. The summed E-state index contributed by atoms with van der Waals surface area (Å²) < 4.78 is 5.32. The largest absolute Gasteiger partial charge is 0.359 e. The quantitative estimate of drug-likeness (QED) is 0.669. The molecule has 1 heterocycles. The molecule has 1 N–H and O–H groups in total. The second kappa shape index (κ2) is 6.19. The number of hydrogen-bond donors (Lipinski definition) is 1. The number of amides is 1. The topological polar surface area (TPSA) is 55.1 Å². The third kappa shape index (κ3) is 8.92. The lowest BCUT2D eigenvalue weighted by Crippen LogP contribution is -2.09. The molecular weight excluding hydrogens is 284 g/mol. The third-order valence-corrected chi connectivity index (χ3v) is 1.46. The predicted octanol–water partition coefficient (Wildman–Crippen LogP) is 3.72. The second-order valence-corrected chi connectivity index (χ2v) is 8.03. The fourth-order valence-electron chi connectivity index (χ4n) is 0.757. The fourth-order valence-corrected chi connectivity index (χ4v) is 0.757. The van der Waals surface area contributed by atoms with Gasteiger partial charge in [-0.25, -0.2) is 0 Å². The molecule has 0 aliphatic rings. The number of hydrogen-bond acceptors (Lipinski definition) is 3. The molecule has 0 aliphatic heterocycles. The highest BCUT2D eigenvalue weighted by molar-refractivity contribution is 9.10. The molecule has 0 saturated carbocycles. The van der Waals surface area contributed by atoms with Gasteiger partial charge < -0.3 is 9.84 Å². The molecule has 98 valence electrons. The lowest BCUT2D eigenvalue weighted by molar-refractivity contribution is -0.105. The number of alkyl halides is 1. The van der Waals surface area contributed by atoms with Crippen molar-refractivity contribution in [3.63, 3.8) is 0 Å². The number of aromatic nitrogens is 1. The van der Waals surface area contributed by atoms with E-state index in [-0.39, 0.29) is 5.41 Å². The average molecular weight is 305 g/mol. The molecule has 0 spiro atoms. The van der Waals surface area contributed by atoms with Gasteiger partial charge in [0, 0.05) is 15.8 Å². The summed E-state index contributed by atoms with van der Waals surface area (Å²) in [6.45, 7) is 12.3. The molecule has 1 rings (SSSR count). The second-order valence-electron chi connectivity index (χ2n) is 5.66. The molecule has 0 atom stereocenters. The molecule has 0 aliphatic carbocycles. The molecule has 0 saturated heterocycles. The van der Waals surface area contributed by atoms with Crippen molar-refractivity contribution in [1.29, 1.82) is 0 Å². The van der Waals surface area contributed by atoms with E-state index in [0.717, 1.165) is 5.76 Å². The van der Waals surface area contributed by atoms with Gasteiger partial charge in [-0.1, -0.05) is 62.6 Å². The maximum Gasteiger partial charge on any atom is 0.212 e. The zero-order valence-electron chi connectivity index (χ0n) is 11.3. The zero-order valence-corrected chi connectivity index (χ0v) is 12.9. The van der Waals surface area contributed by atoms with Crippen LogP contribution in [0.3, 0.4) is 0 Å². The Kier molecular flexibility index (Phi) is 5.88. The summed E-state index contributed by atoms with van der Waals surface area (Å²) in [6.07, 6.45) is 0.574. The molecule has 1 aromatic rings. The first-order valence-corrected chi connectivity index (χ1v) is 6.19. The highest BCUT2D eigenvalue weighted by atomic mass is 79.9. The smallest absolute Gasteiger partial charge is 0.212 e. The van der Waals surface area contributed by atoms with Crippen LogP contribution in [0.2, 0.25) is 0 Å². The Balaban J connectivity index is 0.000000437. The summed E-state index contributed by atoms with van der Waals surface area (Å²) in [5.74, 6) is 1.21. The Bertz CT molecular complexity index is 342. The monoisotopic (exact) mass is 304 g/mol. The van der Waals surface area contributed by atoms with Crippen LogP contribution in [0.15, 0.2) is 10.6 Å². The van der Waals surface area contributed by atoms with Crippen molar-refractivity contribution in [3.05, 3.63) is 11.8 Å². The lowest BCUT2D eigenvalue weighted by Gasteiger charge is -2.11. The van der Waals surface area contributed by atoms with Crippen LogP contribution in [0.5, 0.6) is 0 Å². The van der Waals surface area contributed by atoms with Gasteiger partial charge >= 0.3 is 0 Å². The molecule has 5 heteroatoms. The van der Waals surface area contributed by atoms with Crippen molar-refractivity contribution in [2.45, 2.75) is 51.3 Å². The number of carbonyl (C=O) groups excluding carboxylic acids is 1. The number of carbonyl (C=O) groups is 1. The SMILES string of the molecule is CC(C)(C)Br.CC(C)(C)c1cc(NC=O)no1. The standard InChI is InChI=1S/C8H12N2O2.C4H9Br/c1-8(2,3)6-4-7(9-5-11)10-12-6;1-4(2,3)5/h4-5H,1-3H3,(H,9,10,11);1-3H3. The molecular formula is C12H21BrN2O2. The number of nitrogens with one attached hydrogen (secondary N) is 1. The summed E-state index contributed by atoms with van der Waals surface area (Å²) in [5.41, 5.74) is -0.0736. The van der Waals surface area contributed by atoms with E-state index < -0.39 is 0 Å². The van der Waals surface area contributed by atoms with Gasteiger partial charge in [0.15, 0.2) is 5.82 Å². The predicted molar refractivity (Wildman–Crippen MR) is 73.6 cm³/mol. The third-order valence-electron chi connectivity index (χ3n) is 1.46. The number of rotatable bonds is 2. The molecule has 0 aromatic carbocycles. The van der Waals surface area contributed by atoms with E-state index >= 15 is 0 Å². The molecule has 1 amide bonds. The Labute approximate surface area is 111 Å². The van der Waals surface area contributed by atoms with E-state index in [0.29, 0.717) is 16.6 Å². The van der Waals surface area contributed by atoms with E-state index in [4.69, 9.17) is 4.52 Å². The van der Waals surface area contributed by atoms with Gasteiger partial charge in [-0.3, -0.25) is 4.79 Å². The van der Waals surface area contributed by atoms with Gasteiger partial charge in [0.05, 0.1) is 0 Å². The summed E-state index contributed by atoms with van der Waals surface area (Å²) in [5, 5.41) is 6.07. The van der Waals surface area contributed by atoms with Crippen LogP contribution in [0.25, 0.3) is 0 Å². The highest BCUT2D eigenvalue weighted by Gasteiger charge is 2.19. The van der Waals surface area contributed by atoms with Gasteiger partial charge in [0.25, 0.3) is 0 Å². The maximum atomic E-state index is 10.0. The Morgan fingerprint density at radius 3 is 2.06 bits per heavy atom. The normalized spacial score (nSPS) is 11.5. The Hall–Kier alpha value is -0.840. The first-order chi connectivity index (χ1) is 7.54. The van der Waals surface area contributed by atoms with Crippen LogP contribution in [-0.2, 0) is 10.2 Å². The van der Waals surface area contributed by atoms with Crippen LogP contribution in [0.4, 0.5) is 5.82 Å². The molecule has 0 radical (unpaired) electrons. The van der Waals surface area contributed by atoms with Gasteiger partial charge in [-0.2, -0.15) is 0 Å². The first-order valence-electron chi connectivity index (χ1n) is 5.40. The Morgan fingerprint density at radius 1 is 1.29 bits per heavy atom. The summed E-state index contributed by atoms with van der Waals surface area (Å²) in [6, 6.07) is 1.72. The van der Waals surface area contributed by atoms with E-state index in [1.54, 1.807) is 6.07 Å². The molecule has 0 fully saturated rings. The van der Waals surface area contributed by atoms with Crippen LogP contribution < -0.4 is 5.32 Å². The van der Waals surface area contributed by atoms with Crippen molar-refractivity contribution in [2.24, 2.45) is 0 Å². The van der Waals surface area contributed by atoms with E-state index in [2.05, 4.69) is 47.2 Å². The van der Waals surface area contributed by atoms with Crippen molar-refractivity contribution >= 4 is 28.2 Å². The Morgan fingerprint density at radius 2 is 1.76 bits per heavy atom. The maximum absolute atomic E-state index is 10.0. The number of halogens is 1. The van der Waals surface area contributed by atoms with E-state index in [9.17, 15) is 4.79 Å². The van der Waals surface area contributed by atoms with Gasteiger partial charge in [0.1, 0.15) is 5.76 Å². The van der Waals surface area contributed by atoms with Crippen LogP contribution >= 0.6 is 15.9 Å². The highest BCUT2D eigenvalue weighted by Crippen LogP contribution is 2.23. The fraction of sp³-hybridized carbons (Fsp3) is 0.667. The lowest BCUT2D eigenvalue weighted by atomic mass is 9.93. The summed E-state index contributed by atoms with van der Waals surface area (Å²) in [4.78, 5) is 10.0. The van der Waals surface area contributed by atoms with Crippen molar-refractivity contribution in [1.82, 2.24) is 5.16 Å². The molecule has 17 heavy (non-hydrogen) atoms. The average Bonchev–Trinajstić information content (AvgIpc) is 2.48. The zero-order chi connectivity index (χ0) is 13.7. The van der Waals surface area contributed by atoms with Crippen LogP contribution in [-0.4, -0.2) is 15.9 Å². The minimum atomic E-state index is -0.0736. The van der Waals surface area contributed by atoms with Crippen LogP contribution in [0.1, 0.15) is 47.3 Å². The van der Waals surface area contributed by atoms with E-state index in [1.807, 2.05) is 20.8 Å². The molecule has 4 nitrogen and oxygen atoms in total. The molecule has 0 bridgehead atoms. The van der Waals surface area contributed by atoms with Gasteiger partial charge in [0.2, 0.25) is 6.41 Å². The van der Waals surface area contributed by atoms with Crippen molar-refractivity contribution < 1.29 is 9.32 Å². The van der Waals surface area contributed by atoms with Crippen LogP contribution in [0, 0.1) is 0 Å². The van der Waals surface area contributed by atoms with Gasteiger partial charge in [-0.15, -0.1) is 0 Å². The van der Waals surface area contributed by atoms with E-state index in [1.165, 1.54) is 0 Å². The molecule has 1 aromatic heterocycles. The van der Waals surface area contributed by atoms with Gasteiger partial charge in [-0.05, 0) is 0 Å². The minimum Gasteiger partial charge on any atom is -0.359 e. The number of anilines is 1. The van der Waals surface area contributed by atoms with Crippen molar-refractivity contribution in [3.8, 4) is 0 Å². The van der Waals surface area contributed by atoms with Crippen molar-refractivity contribution in [2.75, 3.05) is 5.32 Å². The minimum absolute atomic E-state index is 0.0736.